The lowest BCUT2D eigenvalue weighted by Crippen LogP contribution is -2.39. The molecule has 2 aliphatic heterocycles. The molecule has 0 aromatic carbocycles. The lowest BCUT2D eigenvalue weighted by molar-refractivity contribution is 0.184. The molecule has 0 N–H and O–H groups in total. The lowest BCUT2D eigenvalue weighted by atomic mass is 9.50. The average molecular weight is 235 g/mol. The van der Waals surface area contributed by atoms with Gasteiger partial charge in [0.05, 0.1) is 0 Å². The van der Waals surface area contributed by atoms with Crippen molar-refractivity contribution in [3.63, 3.8) is 0 Å². The fourth-order valence-electron chi connectivity index (χ4n) is 3.23. The Balaban J connectivity index is 1.67. The molecule has 0 spiro atoms. The summed E-state index contributed by atoms with van der Waals surface area (Å²) in [5.74, 6) is 1.81. The molecular formula is C14H28BN2. The third kappa shape index (κ3) is 3.99. The van der Waals surface area contributed by atoms with E-state index < -0.39 is 0 Å². The van der Waals surface area contributed by atoms with Gasteiger partial charge in [-0.1, -0.05) is 11.6 Å². The minimum atomic E-state index is 0.735. The van der Waals surface area contributed by atoms with Gasteiger partial charge < -0.3 is 9.80 Å². The first-order valence-electron chi connectivity index (χ1n) is 7.42. The molecule has 17 heavy (non-hydrogen) atoms. The summed E-state index contributed by atoms with van der Waals surface area (Å²) in [5.41, 5.74) is 0. The van der Waals surface area contributed by atoms with Crippen molar-refractivity contribution in [2.24, 2.45) is 0 Å². The van der Waals surface area contributed by atoms with Gasteiger partial charge in [-0.2, -0.15) is 0 Å². The molecule has 0 aromatic heterocycles. The molecule has 2 fully saturated rings. The lowest BCUT2D eigenvalue weighted by Gasteiger charge is -2.37. The molecule has 97 valence electrons. The number of hydrogen-bond acceptors (Lipinski definition) is 2. The number of nitrogens with zero attached hydrogens (tertiary/aromatic N) is 2. The molecule has 0 amide bonds. The van der Waals surface area contributed by atoms with E-state index in [4.69, 9.17) is 0 Å². The molecule has 2 aliphatic rings. The number of hydrogen-bond donors (Lipinski definition) is 0. The Bertz CT molecular complexity index is 216. The molecule has 2 nitrogen and oxygen atoms in total. The SMILES string of the molecule is CC(C)N1CCC([B]C2CCN(C)CC2)CC1. The summed E-state index contributed by atoms with van der Waals surface area (Å²) < 4.78 is 0. The molecule has 0 unspecified atom stereocenters. The first-order chi connectivity index (χ1) is 8.15. The molecule has 0 saturated carbocycles. The predicted molar refractivity (Wildman–Crippen MR) is 75.9 cm³/mol. The summed E-state index contributed by atoms with van der Waals surface area (Å²) in [4.78, 5) is 5.09. The van der Waals surface area contributed by atoms with Gasteiger partial charge in [-0.25, -0.2) is 0 Å². The second kappa shape index (κ2) is 6.24. The van der Waals surface area contributed by atoms with E-state index >= 15 is 0 Å². The van der Waals surface area contributed by atoms with E-state index in [0.29, 0.717) is 0 Å². The zero-order valence-corrected chi connectivity index (χ0v) is 11.9. The van der Waals surface area contributed by atoms with E-state index in [1.54, 1.807) is 0 Å². The number of rotatable bonds is 3. The molecule has 0 atom stereocenters. The van der Waals surface area contributed by atoms with E-state index in [0.717, 1.165) is 17.7 Å². The highest BCUT2D eigenvalue weighted by Gasteiger charge is 2.26. The van der Waals surface area contributed by atoms with Crippen LogP contribution in [0.15, 0.2) is 0 Å². The second-order valence-corrected chi connectivity index (χ2v) is 6.30. The summed E-state index contributed by atoms with van der Waals surface area (Å²) in [5, 5.41) is 0. The van der Waals surface area contributed by atoms with Crippen molar-refractivity contribution in [2.45, 2.75) is 57.2 Å². The van der Waals surface area contributed by atoms with E-state index in [9.17, 15) is 0 Å². The van der Waals surface area contributed by atoms with Crippen LogP contribution in [0.2, 0.25) is 11.6 Å². The van der Waals surface area contributed by atoms with Crippen LogP contribution in [0.3, 0.4) is 0 Å². The maximum Gasteiger partial charge on any atom is 0.118 e. The van der Waals surface area contributed by atoms with Crippen LogP contribution in [0.25, 0.3) is 0 Å². The van der Waals surface area contributed by atoms with Crippen LogP contribution in [-0.4, -0.2) is 56.3 Å². The Labute approximate surface area is 108 Å². The predicted octanol–water partition coefficient (Wildman–Crippen LogP) is 2.50. The zero-order chi connectivity index (χ0) is 12.3. The molecule has 3 heteroatoms. The average Bonchev–Trinajstić information content (AvgIpc) is 2.33. The molecule has 0 aliphatic carbocycles. The van der Waals surface area contributed by atoms with Gasteiger partial charge in [0.1, 0.15) is 7.28 Å². The smallest absolute Gasteiger partial charge is 0.118 e. The summed E-state index contributed by atoms with van der Waals surface area (Å²) in [6.07, 6.45) is 5.57. The van der Waals surface area contributed by atoms with Crippen LogP contribution in [0.5, 0.6) is 0 Å². The van der Waals surface area contributed by atoms with E-state index in [2.05, 4.69) is 38.0 Å². The van der Waals surface area contributed by atoms with Crippen LogP contribution < -0.4 is 0 Å². The first-order valence-corrected chi connectivity index (χ1v) is 7.42. The highest BCUT2D eigenvalue weighted by molar-refractivity contribution is 6.39. The van der Waals surface area contributed by atoms with Gasteiger partial charge in [0.25, 0.3) is 0 Å². The van der Waals surface area contributed by atoms with Crippen LogP contribution >= 0.6 is 0 Å². The fraction of sp³-hybridized carbons (Fsp3) is 1.00. The summed E-state index contributed by atoms with van der Waals surface area (Å²) in [6.45, 7) is 9.86. The van der Waals surface area contributed by atoms with E-state index in [1.165, 1.54) is 51.9 Å². The second-order valence-electron chi connectivity index (χ2n) is 6.30. The van der Waals surface area contributed by atoms with Crippen molar-refractivity contribution in [1.29, 1.82) is 0 Å². The van der Waals surface area contributed by atoms with Gasteiger partial charge in [-0.05, 0) is 72.8 Å². The van der Waals surface area contributed by atoms with Crippen molar-refractivity contribution < 1.29 is 0 Å². The normalized spacial score (nSPS) is 26.6. The van der Waals surface area contributed by atoms with E-state index in [-0.39, 0.29) is 0 Å². The molecule has 2 saturated heterocycles. The molecule has 2 heterocycles. The highest BCUT2D eigenvalue weighted by Crippen LogP contribution is 2.31. The van der Waals surface area contributed by atoms with Gasteiger partial charge in [0.15, 0.2) is 0 Å². The Morgan fingerprint density at radius 3 is 1.82 bits per heavy atom. The van der Waals surface area contributed by atoms with Gasteiger partial charge in [-0.15, -0.1) is 0 Å². The minimum absolute atomic E-state index is 0.735. The van der Waals surface area contributed by atoms with Crippen molar-refractivity contribution in [3.8, 4) is 0 Å². The van der Waals surface area contributed by atoms with Crippen LogP contribution in [0.4, 0.5) is 0 Å². The zero-order valence-electron chi connectivity index (χ0n) is 11.9. The molecule has 0 aromatic rings. The first kappa shape index (κ1) is 13.4. The minimum Gasteiger partial charge on any atom is -0.306 e. The maximum atomic E-state index is 2.70. The Morgan fingerprint density at radius 2 is 1.35 bits per heavy atom. The van der Waals surface area contributed by atoms with Gasteiger partial charge in [0, 0.05) is 6.04 Å². The Kier molecular flexibility index (Phi) is 4.92. The highest BCUT2D eigenvalue weighted by atomic mass is 15.1. The Morgan fingerprint density at radius 1 is 0.882 bits per heavy atom. The Hall–Kier alpha value is -0.0151. The third-order valence-corrected chi connectivity index (χ3v) is 4.61. The largest absolute Gasteiger partial charge is 0.306 e. The van der Waals surface area contributed by atoms with Gasteiger partial charge >= 0.3 is 0 Å². The van der Waals surface area contributed by atoms with Gasteiger partial charge in [0.2, 0.25) is 0 Å². The van der Waals surface area contributed by atoms with Gasteiger partial charge in [-0.3, -0.25) is 0 Å². The number of piperidine rings is 2. The van der Waals surface area contributed by atoms with Crippen LogP contribution in [0.1, 0.15) is 39.5 Å². The monoisotopic (exact) mass is 235 g/mol. The van der Waals surface area contributed by atoms with Crippen molar-refractivity contribution in [2.75, 3.05) is 33.2 Å². The van der Waals surface area contributed by atoms with Crippen molar-refractivity contribution in [3.05, 3.63) is 0 Å². The number of likely N-dealkylation sites (tertiary alicyclic amines) is 2. The van der Waals surface area contributed by atoms with Crippen molar-refractivity contribution in [1.82, 2.24) is 9.80 Å². The van der Waals surface area contributed by atoms with Crippen LogP contribution in [-0.2, 0) is 0 Å². The standard InChI is InChI=1S/C14H28BN2/c1-12(2)17-10-6-14(7-11-17)15-13-4-8-16(3)9-5-13/h12-14H,4-11H2,1-3H3. The topological polar surface area (TPSA) is 6.48 Å². The van der Waals surface area contributed by atoms with Crippen LogP contribution in [0, 0.1) is 0 Å². The maximum absolute atomic E-state index is 2.70. The molecule has 0 bridgehead atoms. The summed E-state index contributed by atoms with van der Waals surface area (Å²) in [7, 11) is 4.95. The quantitative estimate of drug-likeness (QED) is 0.693. The van der Waals surface area contributed by atoms with E-state index in [1.807, 2.05) is 0 Å². The molecule has 2 rings (SSSR count). The molecule has 1 radical (unpaired) electrons. The molecular weight excluding hydrogens is 207 g/mol. The summed E-state index contributed by atoms with van der Waals surface area (Å²) >= 11 is 0. The fourth-order valence-corrected chi connectivity index (χ4v) is 3.23. The summed E-state index contributed by atoms with van der Waals surface area (Å²) in [6, 6.07) is 0.735. The van der Waals surface area contributed by atoms with Crippen molar-refractivity contribution >= 4 is 7.28 Å². The third-order valence-electron chi connectivity index (χ3n) is 4.61.